The average molecular weight is 293 g/mol. The largest absolute Gasteiger partial charge is 0.353 e. The third-order valence-corrected chi connectivity index (χ3v) is 4.17. The molecule has 0 aliphatic carbocycles. The molecule has 2 heterocycles. The number of nitrogens with one attached hydrogen (secondary N) is 1. The summed E-state index contributed by atoms with van der Waals surface area (Å²) in [5, 5.41) is 12.9. The van der Waals surface area contributed by atoms with Crippen LogP contribution in [-0.2, 0) is 0 Å². The van der Waals surface area contributed by atoms with Crippen molar-refractivity contribution in [1.82, 2.24) is 10.3 Å². The summed E-state index contributed by atoms with van der Waals surface area (Å²) < 4.78 is 0. The summed E-state index contributed by atoms with van der Waals surface area (Å²) in [6, 6.07) is 4.10. The highest BCUT2D eigenvalue weighted by Gasteiger charge is 2.22. The Balaban J connectivity index is 2.22. The normalized spacial score (nSPS) is 16.1. The first-order chi connectivity index (χ1) is 9.63. The van der Waals surface area contributed by atoms with Crippen LogP contribution in [-0.4, -0.2) is 30.7 Å². The third kappa shape index (κ3) is 3.41. The van der Waals surface area contributed by atoms with Gasteiger partial charge in [0.2, 0.25) is 0 Å². The molecule has 0 aromatic carbocycles. The van der Waals surface area contributed by atoms with E-state index in [1.54, 1.807) is 12.3 Å². The smallest absolute Gasteiger partial charge is 0.148 e. The van der Waals surface area contributed by atoms with Gasteiger partial charge in [-0.05, 0) is 51.8 Å². The first-order valence-electron chi connectivity index (χ1n) is 7.15. The van der Waals surface area contributed by atoms with Gasteiger partial charge in [-0.1, -0.05) is 11.6 Å². The Kier molecular flexibility index (Phi) is 5.22. The summed E-state index contributed by atoms with van der Waals surface area (Å²) >= 11 is 6.33. The summed E-state index contributed by atoms with van der Waals surface area (Å²) in [5.74, 6) is 1.39. The lowest BCUT2D eigenvalue weighted by Crippen LogP contribution is -2.40. The molecule has 4 nitrogen and oxygen atoms in total. The highest BCUT2D eigenvalue weighted by Crippen LogP contribution is 2.29. The fourth-order valence-electron chi connectivity index (χ4n) is 2.60. The van der Waals surface area contributed by atoms with E-state index in [0.717, 1.165) is 25.5 Å². The summed E-state index contributed by atoms with van der Waals surface area (Å²) in [5.41, 5.74) is 0.493. The van der Waals surface area contributed by atoms with Gasteiger partial charge in [-0.2, -0.15) is 5.26 Å². The molecule has 1 aromatic heterocycles. The molecule has 1 aliphatic rings. The van der Waals surface area contributed by atoms with E-state index in [1.807, 2.05) is 0 Å². The van der Waals surface area contributed by atoms with Crippen LogP contribution in [0, 0.1) is 17.2 Å². The maximum atomic E-state index is 9.10. The summed E-state index contributed by atoms with van der Waals surface area (Å²) in [4.78, 5) is 6.62. The van der Waals surface area contributed by atoms with Gasteiger partial charge in [0.15, 0.2) is 0 Å². The first kappa shape index (κ1) is 15.1. The second-order valence-corrected chi connectivity index (χ2v) is 5.93. The molecular formula is C15H21ClN4. The lowest BCUT2D eigenvalue weighted by atomic mass is 9.97. The fourth-order valence-corrected chi connectivity index (χ4v) is 2.87. The molecule has 0 unspecified atom stereocenters. The standard InChI is InChI=1S/C15H21ClN4/c1-11(2)20(10-12-3-6-18-7-4-12)15-14(16)13(9-17)5-8-19-15/h5,8,11-12,18H,3-4,6-7,10H2,1-2H3. The molecule has 20 heavy (non-hydrogen) atoms. The predicted octanol–water partition coefficient (Wildman–Crippen LogP) is 2.82. The summed E-state index contributed by atoms with van der Waals surface area (Å²) in [7, 11) is 0. The molecule has 1 aromatic rings. The molecule has 1 N–H and O–H groups in total. The molecule has 1 aliphatic heterocycles. The Hall–Kier alpha value is -1.31. The van der Waals surface area contributed by atoms with Crippen LogP contribution in [0.15, 0.2) is 12.3 Å². The second kappa shape index (κ2) is 6.92. The van der Waals surface area contributed by atoms with Crippen LogP contribution in [0.5, 0.6) is 0 Å². The van der Waals surface area contributed by atoms with Crippen LogP contribution in [0.1, 0.15) is 32.3 Å². The molecule has 0 radical (unpaired) electrons. The maximum absolute atomic E-state index is 9.10. The van der Waals surface area contributed by atoms with Gasteiger partial charge in [0, 0.05) is 18.8 Å². The highest BCUT2D eigenvalue weighted by atomic mass is 35.5. The van der Waals surface area contributed by atoms with Gasteiger partial charge in [-0.3, -0.25) is 0 Å². The van der Waals surface area contributed by atoms with Crippen LogP contribution in [0.3, 0.4) is 0 Å². The SMILES string of the molecule is CC(C)N(CC1CCNCC1)c1nccc(C#N)c1Cl. The van der Waals surface area contributed by atoms with Gasteiger partial charge in [0.1, 0.15) is 16.9 Å². The van der Waals surface area contributed by atoms with Crippen LogP contribution in [0.4, 0.5) is 5.82 Å². The molecule has 1 fully saturated rings. The number of pyridine rings is 1. The van der Waals surface area contributed by atoms with Gasteiger partial charge < -0.3 is 10.2 Å². The molecule has 0 saturated carbocycles. The number of rotatable bonds is 4. The van der Waals surface area contributed by atoms with Gasteiger partial charge in [-0.25, -0.2) is 4.98 Å². The van der Waals surface area contributed by atoms with Crippen molar-refractivity contribution in [2.24, 2.45) is 5.92 Å². The lowest BCUT2D eigenvalue weighted by Gasteiger charge is -2.34. The molecule has 0 spiro atoms. The Morgan fingerprint density at radius 3 is 2.80 bits per heavy atom. The van der Waals surface area contributed by atoms with Crippen LogP contribution in [0.2, 0.25) is 5.02 Å². The number of halogens is 1. The minimum atomic E-state index is 0.309. The highest BCUT2D eigenvalue weighted by molar-refractivity contribution is 6.34. The van der Waals surface area contributed by atoms with E-state index >= 15 is 0 Å². The van der Waals surface area contributed by atoms with Gasteiger partial charge in [0.05, 0.1) is 5.56 Å². The van der Waals surface area contributed by atoms with Crippen molar-refractivity contribution >= 4 is 17.4 Å². The summed E-state index contributed by atoms with van der Waals surface area (Å²) in [6.45, 7) is 7.38. The van der Waals surface area contributed by atoms with E-state index in [2.05, 4.69) is 35.1 Å². The third-order valence-electron chi connectivity index (χ3n) is 3.80. The first-order valence-corrected chi connectivity index (χ1v) is 7.53. The average Bonchev–Trinajstić information content (AvgIpc) is 2.46. The van der Waals surface area contributed by atoms with E-state index < -0.39 is 0 Å². The second-order valence-electron chi connectivity index (χ2n) is 5.55. The van der Waals surface area contributed by atoms with E-state index in [4.69, 9.17) is 16.9 Å². The number of nitrogens with zero attached hydrogens (tertiary/aromatic N) is 3. The quantitative estimate of drug-likeness (QED) is 0.927. The molecule has 0 atom stereocenters. The molecule has 108 valence electrons. The van der Waals surface area contributed by atoms with Gasteiger partial charge in [-0.15, -0.1) is 0 Å². The summed E-state index contributed by atoms with van der Waals surface area (Å²) in [6.07, 6.45) is 4.02. The van der Waals surface area contributed by atoms with Gasteiger partial charge >= 0.3 is 0 Å². The Morgan fingerprint density at radius 1 is 1.50 bits per heavy atom. The molecule has 0 bridgehead atoms. The Bertz CT molecular complexity index is 489. The van der Waals surface area contributed by atoms with Crippen molar-refractivity contribution in [1.29, 1.82) is 5.26 Å². The van der Waals surface area contributed by atoms with E-state index in [1.165, 1.54) is 12.8 Å². The minimum Gasteiger partial charge on any atom is -0.353 e. The molecule has 2 rings (SSSR count). The number of hydrogen-bond acceptors (Lipinski definition) is 4. The molecular weight excluding hydrogens is 272 g/mol. The molecule has 0 amide bonds. The topological polar surface area (TPSA) is 52.0 Å². The predicted molar refractivity (Wildman–Crippen MR) is 82.0 cm³/mol. The van der Waals surface area contributed by atoms with Gasteiger partial charge in [0.25, 0.3) is 0 Å². The zero-order valence-corrected chi connectivity index (χ0v) is 12.8. The zero-order chi connectivity index (χ0) is 14.5. The lowest BCUT2D eigenvalue weighted by molar-refractivity contribution is 0.367. The number of nitriles is 1. The molecule has 1 saturated heterocycles. The van der Waals surface area contributed by atoms with Crippen LogP contribution in [0.25, 0.3) is 0 Å². The van der Waals surface area contributed by atoms with Crippen LogP contribution >= 0.6 is 11.6 Å². The van der Waals surface area contributed by atoms with Crippen molar-refractivity contribution in [3.63, 3.8) is 0 Å². The van der Waals surface area contributed by atoms with Crippen molar-refractivity contribution < 1.29 is 0 Å². The fraction of sp³-hybridized carbons (Fsp3) is 0.600. The number of hydrogen-bond donors (Lipinski definition) is 1. The van der Waals surface area contributed by atoms with Crippen molar-refractivity contribution in [3.8, 4) is 6.07 Å². The number of anilines is 1. The number of piperidine rings is 1. The zero-order valence-electron chi connectivity index (χ0n) is 12.1. The monoisotopic (exact) mass is 292 g/mol. The van der Waals surface area contributed by atoms with Crippen molar-refractivity contribution in [3.05, 3.63) is 22.8 Å². The molecule has 5 heteroatoms. The maximum Gasteiger partial charge on any atom is 0.148 e. The van der Waals surface area contributed by atoms with Crippen molar-refractivity contribution in [2.45, 2.75) is 32.7 Å². The van der Waals surface area contributed by atoms with E-state index in [-0.39, 0.29) is 0 Å². The van der Waals surface area contributed by atoms with E-state index in [9.17, 15) is 0 Å². The Morgan fingerprint density at radius 2 is 2.20 bits per heavy atom. The van der Waals surface area contributed by atoms with Crippen molar-refractivity contribution in [2.75, 3.05) is 24.5 Å². The van der Waals surface area contributed by atoms with E-state index in [0.29, 0.717) is 22.5 Å². The minimum absolute atomic E-state index is 0.309. The van der Waals surface area contributed by atoms with Crippen LogP contribution < -0.4 is 10.2 Å². The number of aromatic nitrogens is 1. The Labute approximate surface area is 125 Å².